The van der Waals surface area contributed by atoms with Crippen molar-refractivity contribution in [2.45, 2.75) is 10.9 Å². The first-order chi connectivity index (χ1) is 8.93. The highest BCUT2D eigenvalue weighted by Gasteiger charge is 2.16. The maximum Gasteiger partial charge on any atom is 0.175 e. The molecule has 0 aliphatic carbocycles. The van der Waals surface area contributed by atoms with Gasteiger partial charge in [0.05, 0.1) is 10.9 Å². The van der Waals surface area contributed by atoms with Crippen molar-refractivity contribution in [2.75, 3.05) is 13.3 Å². The van der Waals surface area contributed by atoms with E-state index < -0.39 is 9.84 Å². The standard InChI is InChI=1S/C13H14BrNO2S2/c1-15-13(11-7-18-8-12(11)14)9-3-5-10(6-4-9)19(2,16)17/h3-8,13,15H,1-2H3. The molecule has 0 fully saturated rings. The minimum Gasteiger partial charge on any atom is -0.309 e. The normalized spacial score (nSPS) is 13.4. The molecule has 1 atom stereocenters. The third-order valence-corrected chi connectivity index (χ3v) is 5.76. The summed E-state index contributed by atoms with van der Waals surface area (Å²) in [6.45, 7) is 0. The van der Waals surface area contributed by atoms with Crippen molar-refractivity contribution in [2.24, 2.45) is 0 Å². The van der Waals surface area contributed by atoms with Crippen LogP contribution in [-0.2, 0) is 9.84 Å². The molecule has 0 saturated carbocycles. The van der Waals surface area contributed by atoms with E-state index in [2.05, 4.69) is 26.6 Å². The lowest BCUT2D eigenvalue weighted by Gasteiger charge is -2.16. The first-order valence-corrected chi connectivity index (χ1v) is 9.25. The summed E-state index contributed by atoms with van der Waals surface area (Å²) < 4.78 is 23.9. The van der Waals surface area contributed by atoms with Crippen LogP contribution in [0.5, 0.6) is 0 Å². The van der Waals surface area contributed by atoms with Gasteiger partial charge in [0.25, 0.3) is 0 Å². The van der Waals surface area contributed by atoms with Crippen LogP contribution in [0.4, 0.5) is 0 Å². The second kappa shape index (κ2) is 5.75. The van der Waals surface area contributed by atoms with E-state index in [1.54, 1.807) is 23.5 Å². The summed E-state index contributed by atoms with van der Waals surface area (Å²) >= 11 is 5.15. The summed E-state index contributed by atoms with van der Waals surface area (Å²) in [7, 11) is -1.25. The molecule has 0 amide bonds. The number of hydrogen-bond donors (Lipinski definition) is 1. The molecule has 0 spiro atoms. The van der Waals surface area contributed by atoms with Crippen LogP contribution < -0.4 is 5.32 Å². The van der Waals surface area contributed by atoms with E-state index in [0.717, 1.165) is 15.6 Å². The minimum absolute atomic E-state index is 0.0502. The summed E-state index contributed by atoms with van der Waals surface area (Å²) in [6, 6.07) is 7.04. The van der Waals surface area contributed by atoms with Crippen LogP contribution in [0.2, 0.25) is 0 Å². The van der Waals surface area contributed by atoms with Gasteiger partial charge >= 0.3 is 0 Å². The summed E-state index contributed by atoms with van der Waals surface area (Å²) in [6.07, 6.45) is 1.22. The average Bonchev–Trinajstić information content (AvgIpc) is 2.76. The third kappa shape index (κ3) is 3.25. The van der Waals surface area contributed by atoms with Gasteiger partial charge in [-0.15, -0.1) is 0 Å². The van der Waals surface area contributed by atoms with Crippen LogP contribution in [0.3, 0.4) is 0 Å². The number of sulfone groups is 1. The van der Waals surface area contributed by atoms with Gasteiger partial charge in [0.15, 0.2) is 9.84 Å². The van der Waals surface area contributed by atoms with Gasteiger partial charge in [-0.3, -0.25) is 0 Å². The Morgan fingerprint density at radius 1 is 1.21 bits per heavy atom. The molecule has 1 aromatic heterocycles. The highest BCUT2D eigenvalue weighted by Crippen LogP contribution is 2.31. The number of thiophene rings is 1. The number of rotatable bonds is 4. The molecule has 19 heavy (non-hydrogen) atoms. The van der Waals surface area contributed by atoms with Crippen LogP contribution >= 0.6 is 27.3 Å². The van der Waals surface area contributed by atoms with Gasteiger partial charge in [-0.1, -0.05) is 12.1 Å². The van der Waals surface area contributed by atoms with Crippen molar-refractivity contribution in [1.82, 2.24) is 5.32 Å². The molecular formula is C13H14BrNO2S2. The molecule has 0 aliphatic heterocycles. The van der Waals surface area contributed by atoms with Crippen LogP contribution in [0.1, 0.15) is 17.2 Å². The molecule has 102 valence electrons. The van der Waals surface area contributed by atoms with Crippen LogP contribution in [0, 0.1) is 0 Å². The van der Waals surface area contributed by atoms with E-state index in [1.165, 1.54) is 6.26 Å². The molecule has 0 aliphatic rings. The monoisotopic (exact) mass is 359 g/mol. The molecule has 0 bridgehead atoms. The summed E-state index contributed by atoms with van der Waals surface area (Å²) in [5.41, 5.74) is 2.19. The second-order valence-electron chi connectivity index (χ2n) is 4.24. The topological polar surface area (TPSA) is 46.2 Å². The van der Waals surface area contributed by atoms with E-state index in [-0.39, 0.29) is 6.04 Å². The Balaban J connectivity index is 2.38. The van der Waals surface area contributed by atoms with Crippen molar-refractivity contribution in [3.05, 3.63) is 50.6 Å². The molecule has 1 unspecified atom stereocenters. The molecule has 6 heteroatoms. The predicted molar refractivity (Wildman–Crippen MR) is 82.5 cm³/mol. The Kier molecular flexibility index (Phi) is 4.45. The second-order valence-corrected chi connectivity index (χ2v) is 7.85. The lowest BCUT2D eigenvalue weighted by Crippen LogP contribution is -2.17. The number of halogens is 1. The van der Waals surface area contributed by atoms with Gasteiger partial charge in [-0.2, -0.15) is 11.3 Å². The molecule has 1 N–H and O–H groups in total. The van der Waals surface area contributed by atoms with Gasteiger partial charge in [-0.05, 0) is 51.6 Å². The van der Waals surface area contributed by atoms with Crippen molar-refractivity contribution < 1.29 is 8.42 Å². The van der Waals surface area contributed by atoms with Crippen LogP contribution in [0.15, 0.2) is 44.4 Å². The Labute approximate surface area is 125 Å². The lowest BCUT2D eigenvalue weighted by atomic mass is 10.0. The first-order valence-electron chi connectivity index (χ1n) is 5.62. The summed E-state index contributed by atoms with van der Waals surface area (Å²) in [5.74, 6) is 0. The zero-order chi connectivity index (χ0) is 14.0. The largest absolute Gasteiger partial charge is 0.309 e. The first kappa shape index (κ1) is 14.7. The zero-order valence-corrected chi connectivity index (χ0v) is 13.8. The molecule has 0 radical (unpaired) electrons. The molecule has 1 aromatic carbocycles. The molecule has 2 rings (SSSR count). The smallest absolute Gasteiger partial charge is 0.175 e. The Bertz CT molecular complexity index is 662. The maximum absolute atomic E-state index is 11.4. The van der Waals surface area contributed by atoms with E-state index in [0.29, 0.717) is 4.90 Å². The fourth-order valence-corrected chi connectivity index (χ4v) is 4.09. The Morgan fingerprint density at radius 3 is 2.26 bits per heavy atom. The minimum atomic E-state index is -3.14. The number of hydrogen-bond acceptors (Lipinski definition) is 4. The third-order valence-electron chi connectivity index (χ3n) is 2.88. The molecule has 1 heterocycles. The van der Waals surface area contributed by atoms with E-state index in [9.17, 15) is 8.42 Å². The molecular weight excluding hydrogens is 346 g/mol. The van der Waals surface area contributed by atoms with E-state index in [4.69, 9.17) is 0 Å². The van der Waals surface area contributed by atoms with Crippen molar-refractivity contribution in [3.8, 4) is 0 Å². The number of nitrogens with one attached hydrogen (secondary N) is 1. The molecule has 2 aromatic rings. The average molecular weight is 360 g/mol. The van der Waals surface area contributed by atoms with Crippen LogP contribution in [0.25, 0.3) is 0 Å². The molecule has 3 nitrogen and oxygen atoms in total. The molecule has 0 saturated heterocycles. The highest BCUT2D eigenvalue weighted by molar-refractivity contribution is 9.10. The van der Waals surface area contributed by atoms with Crippen molar-refractivity contribution >= 4 is 37.1 Å². The Hall–Kier alpha value is -0.690. The van der Waals surface area contributed by atoms with Crippen LogP contribution in [-0.4, -0.2) is 21.7 Å². The maximum atomic E-state index is 11.4. The summed E-state index contributed by atoms with van der Waals surface area (Å²) in [4.78, 5) is 0.343. The van der Waals surface area contributed by atoms with Gasteiger partial charge in [0.1, 0.15) is 0 Å². The lowest BCUT2D eigenvalue weighted by molar-refractivity contribution is 0.601. The van der Waals surface area contributed by atoms with Gasteiger partial charge in [0.2, 0.25) is 0 Å². The highest BCUT2D eigenvalue weighted by atomic mass is 79.9. The van der Waals surface area contributed by atoms with E-state index in [1.807, 2.05) is 24.6 Å². The fourth-order valence-electron chi connectivity index (χ4n) is 1.91. The van der Waals surface area contributed by atoms with Crippen molar-refractivity contribution in [1.29, 1.82) is 0 Å². The zero-order valence-electron chi connectivity index (χ0n) is 10.6. The number of benzene rings is 1. The SMILES string of the molecule is CNC(c1ccc(S(C)(=O)=O)cc1)c1cscc1Br. The quantitative estimate of drug-likeness (QED) is 0.911. The Morgan fingerprint density at radius 2 is 1.84 bits per heavy atom. The van der Waals surface area contributed by atoms with Gasteiger partial charge in [0, 0.05) is 16.1 Å². The fraction of sp³-hybridized carbons (Fsp3) is 0.231. The van der Waals surface area contributed by atoms with E-state index >= 15 is 0 Å². The summed E-state index contributed by atoms with van der Waals surface area (Å²) in [5, 5.41) is 7.36. The van der Waals surface area contributed by atoms with Gasteiger partial charge < -0.3 is 5.32 Å². The van der Waals surface area contributed by atoms with Gasteiger partial charge in [-0.25, -0.2) is 8.42 Å². The van der Waals surface area contributed by atoms with Crippen molar-refractivity contribution in [3.63, 3.8) is 0 Å². The predicted octanol–water partition coefficient (Wildman–Crippen LogP) is 3.22.